The highest BCUT2D eigenvalue weighted by molar-refractivity contribution is 7.18. The van der Waals surface area contributed by atoms with Crippen LogP contribution in [0.3, 0.4) is 0 Å². The Morgan fingerprint density at radius 2 is 1.93 bits per heavy atom. The molecule has 144 valence electrons. The number of hydrogen-bond acceptors (Lipinski definition) is 4. The first-order valence-electron chi connectivity index (χ1n) is 8.84. The summed E-state index contributed by atoms with van der Waals surface area (Å²) in [6.45, 7) is -0.175. The third kappa shape index (κ3) is 4.31. The minimum atomic E-state index is -0.965. The number of halogens is 2. The molecule has 2 aromatic carbocycles. The molecule has 1 fully saturated rings. The highest BCUT2D eigenvalue weighted by Crippen LogP contribution is 2.34. The van der Waals surface area contributed by atoms with Crippen molar-refractivity contribution >= 4 is 45.0 Å². The van der Waals surface area contributed by atoms with Crippen LogP contribution in [0.5, 0.6) is 0 Å². The molecular weight excluding hydrogens is 401 g/mol. The van der Waals surface area contributed by atoms with Crippen LogP contribution < -0.4 is 10.6 Å². The molecule has 3 aromatic rings. The molecule has 2 amide bonds. The van der Waals surface area contributed by atoms with E-state index in [4.69, 9.17) is 11.6 Å². The molecule has 8 heteroatoms. The van der Waals surface area contributed by atoms with Gasteiger partial charge in [0.25, 0.3) is 0 Å². The first kappa shape index (κ1) is 18.8. The van der Waals surface area contributed by atoms with E-state index < -0.39 is 18.1 Å². The highest BCUT2D eigenvalue weighted by atomic mass is 35.5. The molecule has 28 heavy (non-hydrogen) atoms. The van der Waals surface area contributed by atoms with Gasteiger partial charge in [-0.3, -0.25) is 9.59 Å². The number of aromatic nitrogens is 1. The van der Waals surface area contributed by atoms with Gasteiger partial charge >= 0.3 is 0 Å². The summed E-state index contributed by atoms with van der Waals surface area (Å²) in [5, 5.41) is 6.20. The van der Waals surface area contributed by atoms with Gasteiger partial charge in [-0.25, -0.2) is 9.37 Å². The summed E-state index contributed by atoms with van der Waals surface area (Å²) < 4.78 is 13.7. The fourth-order valence-corrected chi connectivity index (χ4v) is 4.21. The predicted molar refractivity (Wildman–Crippen MR) is 108 cm³/mol. The lowest BCUT2D eigenvalue weighted by Crippen LogP contribution is -2.39. The fourth-order valence-electron chi connectivity index (χ4n) is 2.86. The maximum absolute atomic E-state index is 12.8. The van der Waals surface area contributed by atoms with Crippen molar-refractivity contribution < 1.29 is 14.0 Å². The Hall–Kier alpha value is -2.51. The van der Waals surface area contributed by atoms with Crippen molar-refractivity contribution in [2.75, 3.05) is 6.54 Å². The van der Waals surface area contributed by atoms with Crippen molar-refractivity contribution in [1.82, 2.24) is 15.6 Å². The van der Waals surface area contributed by atoms with E-state index in [2.05, 4.69) is 15.6 Å². The van der Waals surface area contributed by atoms with E-state index in [0.29, 0.717) is 22.0 Å². The third-order valence-corrected chi connectivity index (χ3v) is 5.71. The highest BCUT2D eigenvalue weighted by Gasteiger charge is 2.38. The predicted octanol–water partition coefficient (Wildman–Crippen LogP) is 3.50. The molecule has 1 aromatic heterocycles. The first-order valence-corrected chi connectivity index (χ1v) is 10.0. The molecule has 2 atom stereocenters. The smallest absolute Gasteiger partial charge is 0.239 e. The first-order chi connectivity index (χ1) is 13.5. The van der Waals surface area contributed by atoms with Gasteiger partial charge < -0.3 is 10.6 Å². The maximum Gasteiger partial charge on any atom is 0.239 e. The van der Waals surface area contributed by atoms with Crippen LogP contribution in [-0.2, 0) is 16.0 Å². The van der Waals surface area contributed by atoms with Crippen LogP contribution in [0.2, 0.25) is 5.02 Å². The number of amides is 2. The standard InChI is InChI=1S/C20H17ClFN3O2S/c21-13-6-12(11-4-2-1-3-5-11)7-16-20(13)25-19(28-16)9-17(26)23-10-18(27)24-15-8-14(15)22/h1-7,14-15H,8-10H2,(H,23,26)(H,24,27)/t14-,15?/m1/s1. The Kier molecular flexibility index (Phi) is 5.28. The van der Waals surface area contributed by atoms with Gasteiger partial charge in [0.15, 0.2) is 0 Å². The third-order valence-electron chi connectivity index (χ3n) is 4.42. The Labute approximate surface area is 169 Å². The number of alkyl halides is 1. The monoisotopic (exact) mass is 417 g/mol. The quantitative estimate of drug-likeness (QED) is 0.644. The SMILES string of the molecule is O=C(Cc1nc2c(Cl)cc(-c3ccccc3)cc2s1)NCC(=O)NC1C[C@H]1F. The number of carbonyl (C=O) groups is 2. The molecule has 0 spiro atoms. The lowest BCUT2D eigenvalue weighted by Gasteiger charge is -2.04. The topological polar surface area (TPSA) is 71.1 Å². The zero-order chi connectivity index (χ0) is 19.7. The molecule has 0 saturated heterocycles. The zero-order valence-corrected chi connectivity index (χ0v) is 16.3. The van der Waals surface area contributed by atoms with E-state index in [9.17, 15) is 14.0 Å². The van der Waals surface area contributed by atoms with Gasteiger partial charge in [0, 0.05) is 6.42 Å². The molecule has 0 bridgehead atoms. The molecule has 1 saturated carbocycles. The number of hydrogen-bond donors (Lipinski definition) is 2. The van der Waals surface area contributed by atoms with Crippen molar-refractivity contribution in [2.45, 2.75) is 25.1 Å². The number of rotatable bonds is 6. The Bertz CT molecular complexity index is 1040. The van der Waals surface area contributed by atoms with E-state index in [-0.39, 0.29) is 18.9 Å². The largest absolute Gasteiger partial charge is 0.349 e. The normalized spacial score (nSPS) is 18.1. The zero-order valence-electron chi connectivity index (χ0n) is 14.7. The number of benzene rings is 2. The summed E-state index contributed by atoms with van der Waals surface area (Å²) >= 11 is 7.79. The van der Waals surface area contributed by atoms with E-state index in [1.165, 1.54) is 11.3 Å². The summed E-state index contributed by atoms with van der Waals surface area (Å²) in [6.07, 6.45) is -0.566. The minimum Gasteiger partial charge on any atom is -0.349 e. The van der Waals surface area contributed by atoms with E-state index >= 15 is 0 Å². The van der Waals surface area contributed by atoms with Crippen LogP contribution in [0.15, 0.2) is 42.5 Å². The lowest BCUT2D eigenvalue weighted by atomic mass is 10.1. The number of nitrogens with one attached hydrogen (secondary N) is 2. The van der Waals surface area contributed by atoms with Crippen molar-refractivity contribution in [1.29, 1.82) is 0 Å². The Morgan fingerprint density at radius 1 is 1.18 bits per heavy atom. The Balaban J connectivity index is 1.42. The number of thiazole rings is 1. The molecule has 1 aliphatic carbocycles. The molecule has 2 N–H and O–H groups in total. The minimum absolute atomic E-state index is 0.0544. The average Bonchev–Trinajstić information content (AvgIpc) is 3.20. The molecule has 0 radical (unpaired) electrons. The van der Waals surface area contributed by atoms with Crippen LogP contribution in [0.25, 0.3) is 21.3 Å². The molecule has 4 rings (SSSR count). The molecular formula is C20H17ClFN3O2S. The van der Waals surface area contributed by atoms with Gasteiger partial charge in [-0.05, 0) is 23.3 Å². The van der Waals surface area contributed by atoms with Gasteiger partial charge in [0.1, 0.15) is 16.7 Å². The summed E-state index contributed by atoms with van der Waals surface area (Å²) in [6, 6.07) is 13.3. The average molecular weight is 418 g/mol. The molecule has 1 aliphatic rings. The number of carbonyl (C=O) groups excluding carboxylic acids is 2. The summed E-state index contributed by atoms with van der Waals surface area (Å²) in [5.74, 6) is -0.709. The van der Waals surface area contributed by atoms with Crippen LogP contribution in [-0.4, -0.2) is 35.6 Å². The summed E-state index contributed by atoms with van der Waals surface area (Å²) in [7, 11) is 0. The van der Waals surface area contributed by atoms with Gasteiger partial charge in [-0.2, -0.15) is 0 Å². The molecule has 5 nitrogen and oxygen atoms in total. The number of fused-ring (bicyclic) bond motifs is 1. The molecule has 1 unspecified atom stereocenters. The van der Waals surface area contributed by atoms with Crippen LogP contribution in [0.4, 0.5) is 4.39 Å². The van der Waals surface area contributed by atoms with Gasteiger partial charge in [-0.15, -0.1) is 11.3 Å². The van der Waals surface area contributed by atoms with Crippen LogP contribution in [0.1, 0.15) is 11.4 Å². The molecule has 0 aliphatic heterocycles. The summed E-state index contributed by atoms with van der Waals surface area (Å²) in [4.78, 5) is 28.2. The van der Waals surface area contributed by atoms with E-state index in [1.807, 2.05) is 42.5 Å². The van der Waals surface area contributed by atoms with Crippen molar-refractivity contribution in [3.05, 3.63) is 52.5 Å². The van der Waals surface area contributed by atoms with Gasteiger partial charge in [0.2, 0.25) is 11.8 Å². The lowest BCUT2D eigenvalue weighted by molar-refractivity contribution is -0.125. The van der Waals surface area contributed by atoms with Crippen molar-refractivity contribution in [2.24, 2.45) is 0 Å². The van der Waals surface area contributed by atoms with Crippen molar-refractivity contribution in [3.8, 4) is 11.1 Å². The van der Waals surface area contributed by atoms with E-state index in [0.717, 1.165) is 15.8 Å². The second kappa shape index (κ2) is 7.85. The van der Waals surface area contributed by atoms with E-state index in [1.54, 1.807) is 0 Å². The number of nitrogens with zero attached hydrogens (tertiary/aromatic N) is 1. The van der Waals surface area contributed by atoms with Crippen LogP contribution in [0, 0.1) is 0 Å². The molecule has 1 heterocycles. The Morgan fingerprint density at radius 3 is 2.64 bits per heavy atom. The van der Waals surface area contributed by atoms with Gasteiger partial charge in [-0.1, -0.05) is 41.9 Å². The summed E-state index contributed by atoms with van der Waals surface area (Å²) in [5.41, 5.74) is 2.70. The maximum atomic E-state index is 12.8. The van der Waals surface area contributed by atoms with Gasteiger partial charge in [0.05, 0.1) is 28.7 Å². The fraction of sp³-hybridized carbons (Fsp3) is 0.250. The second-order valence-electron chi connectivity index (χ2n) is 6.66. The van der Waals surface area contributed by atoms with Crippen LogP contribution >= 0.6 is 22.9 Å². The second-order valence-corrected chi connectivity index (χ2v) is 8.18. The van der Waals surface area contributed by atoms with Crippen molar-refractivity contribution in [3.63, 3.8) is 0 Å².